The molecule has 0 aliphatic heterocycles. The summed E-state index contributed by atoms with van der Waals surface area (Å²) in [4.78, 5) is 27.9. The summed E-state index contributed by atoms with van der Waals surface area (Å²) in [6.07, 6.45) is 0. The van der Waals surface area contributed by atoms with Crippen molar-refractivity contribution in [2.24, 2.45) is 0 Å². The maximum atomic E-state index is 9.95. The zero-order valence-corrected chi connectivity index (χ0v) is 6.67. The number of halogens is 1. The standard InChI is InChI=1S/C3H4INO4/c1-2(6)8-5-9-3(4)7/h5H,1H3. The van der Waals surface area contributed by atoms with E-state index in [1.165, 1.54) is 29.5 Å². The van der Waals surface area contributed by atoms with E-state index in [4.69, 9.17) is 0 Å². The zero-order chi connectivity index (χ0) is 7.28. The molecule has 0 heterocycles. The van der Waals surface area contributed by atoms with Crippen LogP contribution in [0.1, 0.15) is 6.92 Å². The Morgan fingerprint density at radius 3 is 2.33 bits per heavy atom. The van der Waals surface area contributed by atoms with Gasteiger partial charge in [-0.15, -0.1) is 0 Å². The lowest BCUT2D eigenvalue weighted by Crippen LogP contribution is -2.19. The molecule has 0 rings (SSSR count). The van der Waals surface area contributed by atoms with E-state index in [1.807, 2.05) is 0 Å². The number of carbonyl (C=O) groups excluding carboxylic acids is 2. The highest BCUT2D eigenvalue weighted by molar-refractivity contribution is 14.1. The van der Waals surface area contributed by atoms with Crippen LogP contribution in [0.2, 0.25) is 0 Å². The molecule has 5 nitrogen and oxygen atoms in total. The molecule has 0 spiro atoms. The van der Waals surface area contributed by atoms with Crippen molar-refractivity contribution in [3.63, 3.8) is 0 Å². The molecule has 0 aliphatic carbocycles. The molecule has 0 atom stereocenters. The number of nitrogens with one attached hydrogen (secondary N) is 1. The quantitative estimate of drug-likeness (QED) is 0.437. The molecule has 6 heteroatoms. The largest absolute Gasteiger partial charge is 0.388 e. The van der Waals surface area contributed by atoms with E-state index >= 15 is 0 Å². The van der Waals surface area contributed by atoms with Gasteiger partial charge in [0.1, 0.15) is 0 Å². The molecule has 52 valence electrons. The lowest BCUT2D eigenvalue weighted by atomic mass is 10.8. The van der Waals surface area contributed by atoms with Crippen LogP contribution >= 0.6 is 22.6 Å². The van der Waals surface area contributed by atoms with Gasteiger partial charge in [-0.1, -0.05) is 0 Å². The van der Waals surface area contributed by atoms with E-state index in [0.29, 0.717) is 0 Å². The Labute approximate surface area is 64.7 Å². The van der Waals surface area contributed by atoms with Gasteiger partial charge >= 0.3 is 9.95 Å². The molecule has 0 amide bonds. The van der Waals surface area contributed by atoms with Crippen molar-refractivity contribution in [1.82, 2.24) is 5.64 Å². The summed E-state index contributed by atoms with van der Waals surface area (Å²) in [5, 5.41) is 0. The topological polar surface area (TPSA) is 64.6 Å². The lowest BCUT2D eigenvalue weighted by molar-refractivity contribution is -0.171. The van der Waals surface area contributed by atoms with Gasteiger partial charge in [-0.2, -0.15) is 0 Å². The van der Waals surface area contributed by atoms with E-state index < -0.39 is 9.95 Å². The molecule has 0 bridgehead atoms. The Bertz CT molecular complexity index is 111. The molecule has 0 saturated heterocycles. The molecule has 0 unspecified atom stereocenters. The summed E-state index contributed by atoms with van der Waals surface area (Å²) >= 11 is 1.37. The number of hydrogen-bond donors (Lipinski definition) is 1. The van der Waals surface area contributed by atoms with Gasteiger partial charge in [-0.25, -0.2) is 4.79 Å². The van der Waals surface area contributed by atoms with Crippen LogP contribution in [-0.4, -0.2) is 9.95 Å². The Balaban J connectivity index is 3.10. The van der Waals surface area contributed by atoms with Gasteiger partial charge in [0.05, 0.1) is 22.6 Å². The molecule has 0 aromatic rings. The lowest BCUT2D eigenvalue weighted by Gasteiger charge is -1.98. The fraction of sp³-hybridized carbons (Fsp3) is 0.333. The van der Waals surface area contributed by atoms with E-state index in [-0.39, 0.29) is 0 Å². The Kier molecular flexibility index (Phi) is 4.32. The summed E-state index contributed by atoms with van der Waals surface area (Å²) in [5.74, 6) is -0.576. The summed E-state index contributed by atoms with van der Waals surface area (Å²) < 4.78 is -0.603. The zero-order valence-electron chi connectivity index (χ0n) is 4.51. The first-order valence-electron chi connectivity index (χ1n) is 1.91. The van der Waals surface area contributed by atoms with Crippen LogP contribution in [0.3, 0.4) is 0 Å². The van der Waals surface area contributed by atoms with Crippen molar-refractivity contribution < 1.29 is 19.3 Å². The molecular formula is C3H4INO4. The van der Waals surface area contributed by atoms with E-state index in [9.17, 15) is 9.59 Å². The van der Waals surface area contributed by atoms with E-state index in [0.717, 1.165) is 0 Å². The third-order valence-electron chi connectivity index (χ3n) is 0.307. The SMILES string of the molecule is CC(=O)ONOC(=O)I. The van der Waals surface area contributed by atoms with Crippen molar-refractivity contribution in [3.8, 4) is 0 Å². The summed E-state index contributed by atoms with van der Waals surface area (Å²) in [7, 11) is 0. The Morgan fingerprint density at radius 2 is 2.00 bits per heavy atom. The first kappa shape index (κ1) is 8.63. The monoisotopic (exact) mass is 245 g/mol. The van der Waals surface area contributed by atoms with E-state index in [1.54, 1.807) is 5.64 Å². The van der Waals surface area contributed by atoms with Crippen molar-refractivity contribution in [3.05, 3.63) is 0 Å². The Hall–Kier alpha value is -0.370. The number of rotatable bonds is 2. The maximum Gasteiger partial charge on any atom is 0.388 e. The summed E-state index contributed by atoms with van der Waals surface area (Å²) in [6, 6.07) is 0. The van der Waals surface area contributed by atoms with Crippen LogP contribution in [0.15, 0.2) is 0 Å². The fourth-order valence-electron chi connectivity index (χ4n) is 0.112. The number of hydrogen-bond acceptors (Lipinski definition) is 5. The van der Waals surface area contributed by atoms with Gasteiger partial charge in [0.25, 0.3) is 0 Å². The van der Waals surface area contributed by atoms with Crippen molar-refractivity contribution in [2.75, 3.05) is 0 Å². The molecule has 0 aromatic carbocycles. The first-order chi connectivity index (χ1) is 4.13. The molecule has 1 N–H and O–H groups in total. The second-order valence-electron chi connectivity index (χ2n) is 1.02. The molecule has 0 aromatic heterocycles. The molecule has 0 aliphatic rings. The van der Waals surface area contributed by atoms with Gasteiger partial charge in [0, 0.05) is 12.6 Å². The van der Waals surface area contributed by atoms with Gasteiger partial charge < -0.3 is 9.68 Å². The Morgan fingerprint density at radius 1 is 1.44 bits per heavy atom. The summed E-state index contributed by atoms with van der Waals surface area (Å²) in [5.41, 5.74) is 1.68. The second kappa shape index (κ2) is 4.50. The van der Waals surface area contributed by atoms with Crippen LogP contribution in [0.4, 0.5) is 4.79 Å². The molecule has 0 saturated carbocycles. The van der Waals surface area contributed by atoms with Crippen LogP contribution in [0.25, 0.3) is 0 Å². The van der Waals surface area contributed by atoms with Crippen molar-refractivity contribution >= 4 is 32.5 Å². The minimum absolute atomic E-state index is 0.576. The number of carbonyl (C=O) groups is 2. The van der Waals surface area contributed by atoms with Crippen LogP contribution in [0.5, 0.6) is 0 Å². The average molecular weight is 245 g/mol. The highest BCUT2D eigenvalue weighted by atomic mass is 127. The van der Waals surface area contributed by atoms with Crippen molar-refractivity contribution in [1.29, 1.82) is 0 Å². The van der Waals surface area contributed by atoms with Crippen LogP contribution < -0.4 is 5.64 Å². The van der Waals surface area contributed by atoms with Gasteiger partial charge in [0.2, 0.25) is 0 Å². The highest BCUT2D eigenvalue weighted by Crippen LogP contribution is 1.86. The third-order valence-corrected chi connectivity index (χ3v) is 0.528. The van der Waals surface area contributed by atoms with Crippen LogP contribution in [0, 0.1) is 0 Å². The molecular weight excluding hydrogens is 241 g/mol. The van der Waals surface area contributed by atoms with Crippen molar-refractivity contribution in [2.45, 2.75) is 6.92 Å². The predicted octanol–water partition coefficient (Wildman–Crippen LogP) is 0.541. The minimum Gasteiger partial charge on any atom is -0.336 e. The van der Waals surface area contributed by atoms with Gasteiger partial charge in [0.15, 0.2) is 0 Å². The first-order valence-corrected chi connectivity index (χ1v) is 2.99. The maximum absolute atomic E-state index is 9.95. The highest BCUT2D eigenvalue weighted by Gasteiger charge is 1.94. The average Bonchev–Trinajstić information content (AvgIpc) is 1.63. The molecule has 0 radical (unpaired) electrons. The molecule has 9 heavy (non-hydrogen) atoms. The third kappa shape index (κ3) is 7.63. The second-order valence-corrected chi connectivity index (χ2v) is 1.90. The predicted molar refractivity (Wildman–Crippen MR) is 35.4 cm³/mol. The molecule has 0 fully saturated rings. The van der Waals surface area contributed by atoms with Crippen LogP contribution in [-0.2, 0) is 14.5 Å². The fourth-order valence-corrected chi connectivity index (χ4v) is 0.202. The minimum atomic E-state index is -0.603. The smallest absolute Gasteiger partial charge is 0.336 e. The normalized spacial score (nSPS) is 8.22. The van der Waals surface area contributed by atoms with E-state index in [2.05, 4.69) is 9.68 Å². The van der Waals surface area contributed by atoms with Gasteiger partial charge in [-0.3, -0.25) is 4.79 Å². The van der Waals surface area contributed by atoms with Gasteiger partial charge in [-0.05, 0) is 0 Å². The summed E-state index contributed by atoms with van der Waals surface area (Å²) in [6.45, 7) is 1.17.